The number of pyridine rings is 2. The second kappa shape index (κ2) is 10.7. The summed E-state index contributed by atoms with van der Waals surface area (Å²) in [6, 6.07) is 13.7. The van der Waals surface area contributed by atoms with Gasteiger partial charge in [0.15, 0.2) is 0 Å². The van der Waals surface area contributed by atoms with Gasteiger partial charge in [-0.1, -0.05) is 19.4 Å². The zero-order chi connectivity index (χ0) is 24.1. The molecular weight excluding hydrogens is 426 g/mol. The molecule has 0 aliphatic carbocycles. The number of rotatable bonds is 7. The van der Waals surface area contributed by atoms with Crippen LogP contribution in [0, 0.1) is 12.8 Å². The van der Waals surface area contributed by atoms with E-state index in [0.717, 1.165) is 59.6 Å². The number of nitrogens with zero attached hydrogens (tertiary/aromatic N) is 3. The minimum absolute atomic E-state index is 0.00638. The van der Waals surface area contributed by atoms with E-state index in [4.69, 9.17) is 4.98 Å². The number of anilines is 2. The van der Waals surface area contributed by atoms with Gasteiger partial charge in [-0.3, -0.25) is 4.98 Å². The van der Waals surface area contributed by atoms with E-state index in [1.807, 2.05) is 54.3 Å². The average molecular weight is 460 g/mol. The Balaban J connectivity index is 1.66. The molecule has 2 amide bonds. The molecule has 3 N–H and O–H groups in total. The molecule has 0 unspecified atom stereocenters. The van der Waals surface area contributed by atoms with Gasteiger partial charge in [-0.05, 0) is 79.3 Å². The van der Waals surface area contributed by atoms with E-state index < -0.39 is 0 Å². The summed E-state index contributed by atoms with van der Waals surface area (Å²) in [5.41, 5.74) is 5.63. The van der Waals surface area contributed by atoms with Crippen LogP contribution in [0.1, 0.15) is 32.3 Å². The van der Waals surface area contributed by atoms with Crippen molar-refractivity contribution in [3.05, 3.63) is 60.4 Å². The molecule has 1 aliphatic heterocycles. The molecule has 0 radical (unpaired) electrons. The monoisotopic (exact) mass is 459 g/mol. The minimum atomic E-state index is -0.132. The molecule has 1 aliphatic rings. The number of aliphatic hydroxyl groups excluding tert-OH is 1. The summed E-state index contributed by atoms with van der Waals surface area (Å²) < 4.78 is 0. The number of aryl methyl sites for hydroxylation is 1. The number of amides is 2. The summed E-state index contributed by atoms with van der Waals surface area (Å²) in [7, 11) is 0. The Morgan fingerprint density at radius 1 is 1.18 bits per heavy atom. The van der Waals surface area contributed by atoms with Gasteiger partial charge in [-0.2, -0.15) is 0 Å². The average Bonchev–Trinajstić information content (AvgIpc) is 3.35. The third kappa shape index (κ3) is 5.54. The third-order valence-electron chi connectivity index (χ3n) is 6.42. The largest absolute Gasteiger partial charge is 0.394 e. The highest BCUT2D eigenvalue weighted by Crippen LogP contribution is 2.32. The molecule has 1 fully saturated rings. The number of urea groups is 1. The van der Waals surface area contributed by atoms with E-state index in [9.17, 15) is 9.90 Å². The van der Waals surface area contributed by atoms with Crippen LogP contribution in [0.5, 0.6) is 0 Å². The number of hydrogen-bond donors (Lipinski definition) is 3. The zero-order valence-electron chi connectivity index (χ0n) is 20.1. The van der Waals surface area contributed by atoms with Crippen molar-refractivity contribution >= 4 is 17.5 Å². The van der Waals surface area contributed by atoms with Gasteiger partial charge in [0.2, 0.25) is 0 Å². The molecule has 1 aromatic carbocycles. The number of aromatic nitrogens is 2. The standard InChI is InChI=1S/C27H33N5O2/c1-4-20-9-12-32(16-20)27(34)30-23-6-5-18(2)24(15-23)22-13-25(21-7-10-28-11-8-21)31-26(14-22)29-19(3)17-33/h5-8,10-11,13-15,19-20,33H,4,9,12,16-17H2,1-3H3,(H,29,31)(H,30,34)/t19-,20-/m1/s1. The fourth-order valence-electron chi connectivity index (χ4n) is 4.29. The molecule has 7 nitrogen and oxygen atoms in total. The smallest absolute Gasteiger partial charge is 0.321 e. The van der Waals surface area contributed by atoms with E-state index >= 15 is 0 Å². The van der Waals surface area contributed by atoms with E-state index in [1.165, 1.54) is 0 Å². The lowest BCUT2D eigenvalue weighted by molar-refractivity contribution is 0.220. The maximum absolute atomic E-state index is 12.8. The lowest BCUT2D eigenvalue weighted by Gasteiger charge is -2.19. The zero-order valence-corrected chi connectivity index (χ0v) is 20.1. The molecule has 0 bridgehead atoms. The first-order valence-electron chi connectivity index (χ1n) is 11.9. The third-order valence-corrected chi connectivity index (χ3v) is 6.42. The van der Waals surface area contributed by atoms with Gasteiger partial charge in [0.1, 0.15) is 5.82 Å². The van der Waals surface area contributed by atoms with Crippen molar-refractivity contribution in [2.24, 2.45) is 5.92 Å². The number of aliphatic hydroxyl groups is 1. The van der Waals surface area contributed by atoms with Crippen LogP contribution in [0.2, 0.25) is 0 Å². The summed E-state index contributed by atoms with van der Waals surface area (Å²) in [5, 5.41) is 15.9. The molecular formula is C27H33N5O2. The number of carbonyl (C=O) groups excluding carboxylic acids is 1. The maximum atomic E-state index is 12.8. The molecule has 7 heteroatoms. The molecule has 1 saturated heterocycles. The molecule has 3 aromatic rings. The van der Waals surface area contributed by atoms with Crippen LogP contribution in [0.3, 0.4) is 0 Å². The Morgan fingerprint density at radius 2 is 1.97 bits per heavy atom. The first kappa shape index (κ1) is 23.7. The first-order valence-corrected chi connectivity index (χ1v) is 11.9. The maximum Gasteiger partial charge on any atom is 0.321 e. The van der Waals surface area contributed by atoms with Crippen molar-refractivity contribution in [1.29, 1.82) is 0 Å². The van der Waals surface area contributed by atoms with Crippen LogP contribution in [0.15, 0.2) is 54.9 Å². The minimum Gasteiger partial charge on any atom is -0.394 e. The molecule has 2 aromatic heterocycles. The van der Waals surface area contributed by atoms with Crippen LogP contribution >= 0.6 is 0 Å². The van der Waals surface area contributed by atoms with Gasteiger partial charge in [-0.15, -0.1) is 0 Å². The van der Waals surface area contributed by atoms with Gasteiger partial charge in [0.05, 0.1) is 12.3 Å². The van der Waals surface area contributed by atoms with Gasteiger partial charge < -0.3 is 20.6 Å². The van der Waals surface area contributed by atoms with E-state index in [-0.39, 0.29) is 18.7 Å². The van der Waals surface area contributed by atoms with Crippen LogP contribution in [-0.2, 0) is 0 Å². The lowest BCUT2D eigenvalue weighted by atomic mass is 9.98. The Labute approximate surface area is 201 Å². The highest BCUT2D eigenvalue weighted by Gasteiger charge is 2.25. The second-order valence-corrected chi connectivity index (χ2v) is 9.06. The van der Waals surface area contributed by atoms with Crippen LogP contribution in [-0.4, -0.2) is 51.7 Å². The molecule has 0 spiro atoms. The number of hydrogen-bond acceptors (Lipinski definition) is 5. The first-order chi connectivity index (χ1) is 16.5. The van der Waals surface area contributed by atoms with Crippen molar-refractivity contribution in [3.8, 4) is 22.4 Å². The van der Waals surface area contributed by atoms with Crippen LogP contribution in [0.4, 0.5) is 16.3 Å². The molecule has 34 heavy (non-hydrogen) atoms. The summed E-state index contributed by atoms with van der Waals surface area (Å²) in [4.78, 5) is 23.6. The van der Waals surface area contributed by atoms with Gasteiger partial charge in [0.25, 0.3) is 0 Å². The fraction of sp³-hybridized carbons (Fsp3) is 0.370. The highest BCUT2D eigenvalue weighted by molar-refractivity contribution is 5.91. The van der Waals surface area contributed by atoms with Crippen molar-refractivity contribution in [1.82, 2.24) is 14.9 Å². The van der Waals surface area contributed by atoms with Crippen molar-refractivity contribution in [2.75, 3.05) is 30.3 Å². The van der Waals surface area contributed by atoms with Crippen molar-refractivity contribution < 1.29 is 9.90 Å². The number of benzene rings is 1. The summed E-state index contributed by atoms with van der Waals surface area (Å²) in [5.74, 6) is 1.28. The molecule has 0 saturated carbocycles. The Morgan fingerprint density at radius 3 is 2.68 bits per heavy atom. The van der Waals surface area contributed by atoms with E-state index in [0.29, 0.717) is 11.7 Å². The topological polar surface area (TPSA) is 90.4 Å². The number of likely N-dealkylation sites (tertiary alicyclic amines) is 1. The summed E-state index contributed by atoms with van der Waals surface area (Å²) >= 11 is 0. The second-order valence-electron chi connectivity index (χ2n) is 9.06. The number of nitrogens with one attached hydrogen (secondary N) is 2. The summed E-state index contributed by atoms with van der Waals surface area (Å²) in [6.45, 7) is 7.77. The Hall–Kier alpha value is -3.45. The normalized spacial score (nSPS) is 16.4. The quantitative estimate of drug-likeness (QED) is 0.453. The lowest BCUT2D eigenvalue weighted by Crippen LogP contribution is -2.32. The molecule has 178 valence electrons. The van der Waals surface area contributed by atoms with Gasteiger partial charge in [-0.25, -0.2) is 9.78 Å². The molecule has 2 atom stereocenters. The Bertz CT molecular complexity index is 1140. The molecule has 4 rings (SSSR count). The van der Waals surface area contributed by atoms with Gasteiger partial charge in [0, 0.05) is 42.8 Å². The van der Waals surface area contributed by atoms with Crippen LogP contribution < -0.4 is 10.6 Å². The fourth-order valence-corrected chi connectivity index (χ4v) is 4.29. The van der Waals surface area contributed by atoms with Crippen molar-refractivity contribution in [3.63, 3.8) is 0 Å². The van der Waals surface area contributed by atoms with E-state index in [2.05, 4.69) is 29.5 Å². The Kier molecular flexibility index (Phi) is 7.43. The highest BCUT2D eigenvalue weighted by atomic mass is 16.3. The van der Waals surface area contributed by atoms with Crippen molar-refractivity contribution in [2.45, 2.75) is 39.7 Å². The predicted octanol–water partition coefficient (Wildman–Crippen LogP) is 5.18. The summed E-state index contributed by atoms with van der Waals surface area (Å²) in [6.07, 6.45) is 5.66. The van der Waals surface area contributed by atoms with Crippen LogP contribution in [0.25, 0.3) is 22.4 Å². The number of carbonyl (C=O) groups is 1. The SMILES string of the molecule is CC[C@@H]1CCN(C(=O)Nc2ccc(C)c(-c3cc(N[C@H](C)CO)nc(-c4ccncc4)c3)c2)C1. The van der Waals surface area contributed by atoms with Gasteiger partial charge >= 0.3 is 6.03 Å². The molecule has 3 heterocycles. The van der Waals surface area contributed by atoms with E-state index in [1.54, 1.807) is 12.4 Å². The predicted molar refractivity (Wildman–Crippen MR) is 137 cm³/mol.